The zero-order chi connectivity index (χ0) is 18.5. The highest BCUT2D eigenvalue weighted by molar-refractivity contribution is 14.1. The molecule has 26 heavy (non-hydrogen) atoms. The predicted molar refractivity (Wildman–Crippen MR) is 109 cm³/mol. The van der Waals surface area contributed by atoms with E-state index in [0.717, 1.165) is 14.5 Å². The van der Waals surface area contributed by atoms with Crippen LogP contribution in [-0.4, -0.2) is 18.7 Å². The summed E-state index contributed by atoms with van der Waals surface area (Å²) in [7, 11) is 0. The van der Waals surface area contributed by atoms with Gasteiger partial charge in [-0.3, -0.25) is 4.79 Å². The summed E-state index contributed by atoms with van der Waals surface area (Å²) < 4.78 is 12.4. The average molecular weight is 524 g/mol. The summed E-state index contributed by atoms with van der Waals surface area (Å²) in [4.78, 5) is 12.1. The second-order valence-electron chi connectivity index (χ2n) is 5.11. The summed E-state index contributed by atoms with van der Waals surface area (Å²) in [5, 5.41) is 13.4. The average Bonchev–Trinajstić information content (AvgIpc) is 3.05. The van der Waals surface area contributed by atoms with Crippen LogP contribution in [0.2, 0.25) is 0 Å². The number of carbonyl (C=O) groups is 1. The zero-order valence-corrected chi connectivity index (χ0v) is 16.9. The molecular formula is C18H11BrIN3O3. The Kier molecular flexibility index (Phi) is 5.90. The smallest absolute Gasteiger partial charge is 0.307 e. The summed E-state index contributed by atoms with van der Waals surface area (Å²) in [6.45, 7) is -0.0321. The molecule has 8 heteroatoms. The number of ether oxygens (including phenoxy) is 1. The van der Waals surface area contributed by atoms with Crippen LogP contribution in [0.4, 0.5) is 0 Å². The van der Waals surface area contributed by atoms with Crippen LogP contribution >= 0.6 is 38.5 Å². The molecule has 3 rings (SSSR count). The van der Waals surface area contributed by atoms with Gasteiger partial charge in [-0.2, -0.15) is 10.4 Å². The Hall–Kier alpha value is -2.38. The SMILES string of the molecule is N#CCOc1c(Br)cc(/C=N/NC(=O)c2cc3ccccc3o2)cc1I. The van der Waals surface area contributed by atoms with Gasteiger partial charge in [0.05, 0.1) is 14.3 Å². The number of carbonyl (C=O) groups excluding carboxylic acids is 1. The predicted octanol–water partition coefficient (Wildman–Crippen LogP) is 4.47. The van der Waals surface area contributed by atoms with Gasteiger partial charge in [0.15, 0.2) is 12.4 Å². The highest BCUT2D eigenvalue weighted by atomic mass is 127. The van der Waals surface area contributed by atoms with Gasteiger partial charge in [0, 0.05) is 5.39 Å². The molecule has 0 bridgehead atoms. The van der Waals surface area contributed by atoms with Crippen molar-refractivity contribution in [2.24, 2.45) is 5.10 Å². The van der Waals surface area contributed by atoms with Crippen molar-refractivity contribution in [3.05, 3.63) is 61.8 Å². The number of hydrogen-bond acceptors (Lipinski definition) is 5. The van der Waals surface area contributed by atoms with E-state index in [1.165, 1.54) is 6.21 Å². The quantitative estimate of drug-likeness (QED) is 0.304. The number of nitrogens with zero attached hydrogens (tertiary/aromatic N) is 2. The third kappa shape index (κ3) is 4.23. The second kappa shape index (κ2) is 8.33. The standard InChI is InChI=1S/C18H11BrIN3O3/c19-13-7-11(8-14(20)17(13)25-6-5-21)10-22-23-18(24)16-9-12-3-1-2-4-15(12)26-16/h1-4,7-10H,6H2,(H,23,24)/b22-10+. The van der Waals surface area contributed by atoms with Gasteiger partial charge in [0.25, 0.3) is 0 Å². The van der Waals surface area contributed by atoms with E-state index < -0.39 is 5.91 Å². The molecule has 0 radical (unpaired) electrons. The number of hydrazone groups is 1. The van der Waals surface area contributed by atoms with Gasteiger partial charge in [-0.25, -0.2) is 5.43 Å². The minimum absolute atomic E-state index is 0.0321. The molecule has 0 aliphatic carbocycles. The van der Waals surface area contributed by atoms with E-state index in [9.17, 15) is 4.79 Å². The lowest BCUT2D eigenvalue weighted by Crippen LogP contribution is -2.16. The molecule has 3 aromatic rings. The van der Waals surface area contributed by atoms with Gasteiger partial charge in [-0.05, 0) is 68.3 Å². The van der Waals surface area contributed by atoms with Crippen molar-refractivity contribution in [1.82, 2.24) is 5.43 Å². The van der Waals surface area contributed by atoms with Crippen LogP contribution in [0.5, 0.6) is 5.75 Å². The van der Waals surface area contributed by atoms with Crippen LogP contribution in [0.25, 0.3) is 11.0 Å². The molecule has 1 amide bonds. The highest BCUT2D eigenvalue weighted by Gasteiger charge is 2.11. The first-order chi connectivity index (χ1) is 12.6. The number of nitriles is 1. The number of nitrogens with one attached hydrogen (secondary N) is 1. The third-order valence-electron chi connectivity index (χ3n) is 3.33. The largest absolute Gasteiger partial charge is 0.476 e. The van der Waals surface area contributed by atoms with Crippen LogP contribution in [-0.2, 0) is 0 Å². The topological polar surface area (TPSA) is 87.6 Å². The first kappa shape index (κ1) is 18.4. The molecule has 0 aliphatic heterocycles. The maximum atomic E-state index is 12.1. The van der Waals surface area contributed by atoms with Crippen LogP contribution in [0.3, 0.4) is 0 Å². The number of furan rings is 1. The summed E-state index contributed by atoms with van der Waals surface area (Å²) in [6, 6.07) is 14.6. The molecule has 1 heterocycles. The molecule has 6 nitrogen and oxygen atoms in total. The van der Waals surface area contributed by atoms with E-state index in [0.29, 0.717) is 15.8 Å². The van der Waals surface area contributed by atoms with Gasteiger partial charge >= 0.3 is 5.91 Å². The van der Waals surface area contributed by atoms with Crippen molar-refractivity contribution in [3.63, 3.8) is 0 Å². The molecule has 0 aliphatic rings. The number of para-hydroxylation sites is 1. The van der Waals surface area contributed by atoms with Crippen molar-refractivity contribution in [2.75, 3.05) is 6.61 Å². The Balaban J connectivity index is 1.70. The molecule has 0 fully saturated rings. The normalized spacial score (nSPS) is 10.8. The van der Waals surface area contributed by atoms with E-state index >= 15 is 0 Å². The van der Waals surface area contributed by atoms with Gasteiger partial charge in [-0.1, -0.05) is 18.2 Å². The lowest BCUT2D eigenvalue weighted by atomic mass is 10.2. The van der Waals surface area contributed by atoms with E-state index in [1.54, 1.807) is 18.2 Å². The van der Waals surface area contributed by atoms with Crippen molar-refractivity contribution in [3.8, 4) is 11.8 Å². The molecule has 0 spiro atoms. The van der Waals surface area contributed by atoms with Crippen molar-refractivity contribution in [1.29, 1.82) is 5.26 Å². The fraction of sp³-hybridized carbons (Fsp3) is 0.0556. The first-order valence-electron chi connectivity index (χ1n) is 7.39. The van der Waals surface area contributed by atoms with Gasteiger partial charge in [0.1, 0.15) is 17.4 Å². The Labute approximate surface area is 171 Å². The number of hydrogen-bond donors (Lipinski definition) is 1. The minimum atomic E-state index is -0.430. The minimum Gasteiger partial charge on any atom is -0.476 e. The summed E-state index contributed by atoms with van der Waals surface area (Å²) >= 11 is 5.51. The monoisotopic (exact) mass is 523 g/mol. The third-order valence-corrected chi connectivity index (χ3v) is 4.72. The van der Waals surface area contributed by atoms with Crippen molar-refractivity contribution < 1.29 is 13.9 Å². The maximum absolute atomic E-state index is 12.1. The second-order valence-corrected chi connectivity index (χ2v) is 7.12. The molecule has 1 aromatic heterocycles. The number of halogens is 2. The lowest BCUT2D eigenvalue weighted by Gasteiger charge is -2.08. The Morgan fingerprint density at radius 2 is 2.19 bits per heavy atom. The van der Waals surface area contributed by atoms with Gasteiger partial charge in [0.2, 0.25) is 0 Å². The number of rotatable bonds is 5. The van der Waals surface area contributed by atoms with E-state index in [2.05, 4.69) is 49.0 Å². The maximum Gasteiger partial charge on any atom is 0.307 e. The molecular weight excluding hydrogens is 513 g/mol. The molecule has 0 unspecified atom stereocenters. The Bertz CT molecular complexity index is 984. The summed E-state index contributed by atoms with van der Waals surface area (Å²) in [5.41, 5.74) is 3.85. The van der Waals surface area contributed by atoms with Crippen LogP contribution in [0.15, 0.2) is 56.5 Å². The Morgan fingerprint density at radius 1 is 1.38 bits per heavy atom. The zero-order valence-electron chi connectivity index (χ0n) is 13.2. The van der Waals surface area contributed by atoms with E-state index in [4.69, 9.17) is 14.4 Å². The summed E-state index contributed by atoms with van der Waals surface area (Å²) in [5.74, 6) is 0.357. The highest BCUT2D eigenvalue weighted by Crippen LogP contribution is 2.31. The van der Waals surface area contributed by atoms with E-state index in [-0.39, 0.29) is 12.4 Å². The Morgan fingerprint density at radius 3 is 2.92 bits per heavy atom. The molecule has 0 saturated heterocycles. The summed E-state index contributed by atoms with van der Waals surface area (Å²) in [6.07, 6.45) is 1.52. The van der Waals surface area contributed by atoms with E-state index in [1.807, 2.05) is 30.3 Å². The van der Waals surface area contributed by atoms with Gasteiger partial charge < -0.3 is 9.15 Å². The van der Waals surface area contributed by atoms with Crippen LogP contribution < -0.4 is 10.2 Å². The van der Waals surface area contributed by atoms with Crippen LogP contribution in [0.1, 0.15) is 16.1 Å². The lowest BCUT2D eigenvalue weighted by molar-refractivity contribution is 0.0929. The molecule has 1 N–H and O–H groups in total. The number of fused-ring (bicyclic) bond motifs is 1. The first-order valence-corrected chi connectivity index (χ1v) is 9.26. The molecule has 0 atom stereocenters. The fourth-order valence-electron chi connectivity index (χ4n) is 2.21. The fourth-order valence-corrected chi connectivity index (χ4v) is 3.98. The molecule has 0 saturated carbocycles. The molecule has 130 valence electrons. The number of amides is 1. The number of benzene rings is 2. The van der Waals surface area contributed by atoms with Crippen molar-refractivity contribution in [2.45, 2.75) is 0 Å². The van der Waals surface area contributed by atoms with Crippen LogP contribution in [0, 0.1) is 14.9 Å². The van der Waals surface area contributed by atoms with Gasteiger partial charge in [-0.15, -0.1) is 0 Å². The van der Waals surface area contributed by atoms with Crippen molar-refractivity contribution >= 4 is 61.6 Å². The molecule has 2 aromatic carbocycles.